The first kappa shape index (κ1) is 14.4. The van der Waals surface area contributed by atoms with Crippen molar-refractivity contribution in [3.63, 3.8) is 0 Å². The van der Waals surface area contributed by atoms with Gasteiger partial charge in [0.05, 0.1) is 4.90 Å². The van der Waals surface area contributed by atoms with Gasteiger partial charge in [-0.1, -0.05) is 11.6 Å². The molecule has 96 valence electrons. The molecule has 0 atom stereocenters. The lowest BCUT2D eigenvalue weighted by Crippen LogP contribution is -2.23. The third-order valence-corrected chi connectivity index (χ3v) is 4.72. The van der Waals surface area contributed by atoms with Gasteiger partial charge in [-0.3, -0.25) is 0 Å². The summed E-state index contributed by atoms with van der Waals surface area (Å²) in [6.07, 6.45) is 0. The molecule has 0 aliphatic rings. The van der Waals surface area contributed by atoms with E-state index in [1.807, 2.05) is 0 Å². The van der Waals surface area contributed by atoms with Gasteiger partial charge in [0.15, 0.2) is 0 Å². The highest BCUT2D eigenvalue weighted by molar-refractivity contribution is 7.89. The Hall–Kier alpha value is -0.620. The molecule has 4 nitrogen and oxygen atoms in total. The van der Waals surface area contributed by atoms with Crippen molar-refractivity contribution in [2.24, 2.45) is 0 Å². The van der Waals surface area contributed by atoms with E-state index in [0.29, 0.717) is 11.6 Å². The molecule has 0 bridgehead atoms. The van der Waals surface area contributed by atoms with Crippen molar-refractivity contribution >= 4 is 21.6 Å². The van der Waals surface area contributed by atoms with Gasteiger partial charge in [-0.25, -0.2) is 12.7 Å². The molecule has 1 aromatic carbocycles. The largest absolute Gasteiger partial charge is 0.316 e. The van der Waals surface area contributed by atoms with Crippen molar-refractivity contribution in [2.45, 2.75) is 18.4 Å². The van der Waals surface area contributed by atoms with E-state index in [1.165, 1.54) is 24.5 Å². The van der Waals surface area contributed by atoms with Gasteiger partial charge in [0.25, 0.3) is 0 Å². The predicted octanol–water partition coefficient (Wildman–Crippen LogP) is 1.62. The quantitative estimate of drug-likeness (QED) is 0.909. The Morgan fingerprint density at radius 1 is 1.35 bits per heavy atom. The zero-order chi connectivity index (χ0) is 13.2. The van der Waals surface area contributed by atoms with E-state index >= 15 is 0 Å². The van der Waals surface area contributed by atoms with Crippen molar-refractivity contribution in [3.8, 4) is 0 Å². The van der Waals surface area contributed by atoms with Gasteiger partial charge < -0.3 is 5.32 Å². The van der Waals surface area contributed by atoms with Crippen LogP contribution in [0.25, 0.3) is 0 Å². The highest BCUT2D eigenvalue weighted by Gasteiger charge is 2.21. The Kier molecular flexibility index (Phi) is 4.55. The summed E-state index contributed by atoms with van der Waals surface area (Å²) in [4.78, 5) is 0.264. The SMILES string of the molecule is CNCc1cc(Cl)cc(S(=O)(=O)N(C)C)c1C. The minimum Gasteiger partial charge on any atom is -0.316 e. The molecule has 0 saturated heterocycles. The summed E-state index contributed by atoms with van der Waals surface area (Å²) in [5.74, 6) is 0. The molecule has 1 aromatic rings. The Labute approximate surface area is 108 Å². The van der Waals surface area contributed by atoms with E-state index in [1.54, 1.807) is 20.0 Å². The second-order valence-corrected chi connectivity index (χ2v) is 6.56. The summed E-state index contributed by atoms with van der Waals surface area (Å²) in [7, 11) is 1.37. The molecule has 1 N–H and O–H groups in total. The maximum absolute atomic E-state index is 12.1. The number of benzene rings is 1. The first-order valence-corrected chi connectivity index (χ1v) is 6.98. The van der Waals surface area contributed by atoms with Gasteiger partial charge in [-0.2, -0.15) is 0 Å². The average molecular weight is 277 g/mol. The Bertz CT molecular complexity index is 512. The molecule has 0 aliphatic carbocycles. The minimum atomic E-state index is -3.45. The van der Waals surface area contributed by atoms with E-state index < -0.39 is 10.0 Å². The van der Waals surface area contributed by atoms with Crippen LogP contribution in [0.5, 0.6) is 0 Å². The number of hydrogen-bond acceptors (Lipinski definition) is 3. The summed E-state index contributed by atoms with van der Waals surface area (Å²) in [6.45, 7) is 2.38. The first-order valence-electron chi connectivity index (χ1n) is 5.17. The van der Waals surface area contributed by atoms with Crippen LogP contribution in [0.3, 0.4) is 0 Å². The fourth-order valence-corrected chi connectivity index (χ4v) is 3.04. The van der Waals surface area contributed by atoms with Gasteiger partial charge in [0.1, 0.15) is 0 Å². The third-order valence-electron chi connectivity index (χ3n) is 2.56. The summed E-state index contributed by atoms with van der Waals surface area (Å²) in [5, 5.41) is 3.42. The molecule has 0 spiro atoms. The number of sulfonamides is 1. The third kappa shape index (κ3) is 2.98. The summed E-state index contributed by atoms with van der Waals surface area (Å²) in [5.41, 5.74) is 1.62. The van der Waals surface area contributed by atoms with Crippen molar-refractivity contribution in [2.75, 3.05) is 21.1 Å². The predicted molar refractivity (Wildman–Crippen MR) is 69.8 cm³/mol. The highest BCUT2D eigenvalue weighted by Crippen LogP contribution is 2.26. The molecule has 0 aromatic heterocycles. The van der Waals surface area contributed by atoms with E-state index in [2.05, 4.69) is 5.32 Å². The van der Waals surface area contributed by atoms with Gasteiger partial charge >= 0.3 is 0 Å². The van der Waals surface area contributed by atoms with Crippen molar-refractivity contribution < 1.29 is 8.42 Å². The summed E-state index contributed by atoms with van der Waals surface area (Å²) >= 11 is 5.96. The Morgan fingerprint density at radius 2 is 1.94 bits per heavy atom. The second kappa shape index (κ2) is 5.35. The van der Waals surface area contributed by atoms with Crippen LogP contribution >= 0.6 is 11.6 Å². The monoisotopic (exact) mass is 276 g/mol. The Balaban J connectivity index is 3.45. The Morgan fingerprint density at radius 3 is 2.41 bits per heavy atom. The lowest BCUT2D eigenvalue weighted by molar-refractivity contribution is 0.520. The van der Waals surface area contributed by atoms with Gasteiger partial charge in [0, 0.05) is 25.7 Å². The van der Waals surface area contributed by atoms with E-state index in [9.17, 15) is 8.42 Å². The maximum Gasteiger partial charge on any atom is 0.242 e. The lowest BCUT2D eigenvalue weighted by atomic mass is 10.1. The maximum atomic E-state index is 12.1. The number of halogens is 1. The molecule has 6 heteroatoms. The molecule has 0 saturated carbocycles. The summed E-state index contributed by atoms with van der Waals surface area (Å²) in [6, 6.07) is 3.27. The van der Waals surface area contributed by atoms with Crippen LogP contribution < -0.4 is 5.32 Å². The number of nitrogens with zero attached hydrogens (tertiary/aromatic N) is 1. The van der Waals surface area contributed by atoms with Crippen molar-refractivity contribution in [1.29, 1.82) is 0 Å². The number of rotatable bonds is 4. The fourth-order valence-electron chi connectivity index (χ4n) is 1.55. The van der Waals surface area contributed by atoms with Crippen LogP contribution in [-0.4, -0.2) is 33.9 Å². The molecular weight excluding hydrogens is 260 g/mol. The molecule has 17 heavy (non-hydrogen) atoms. The molecular formula is C11H17ClN2O2S. The van der Waals surface area contributed by atoms with E-state index in [-0.39, 0.29) is 4.90 Å². The van der Waals surface area contributed by atoms with Crippen molar-refractivity contribution in [1.82, 2.24) is 9.62 Å². The molecule has 0 heterocycles. The highest BCUT2D eigenvalue weighted by atomic mass is 35.5. The van der Waals surface area contributed by atoms with Gasteiger partial charge in [0.2, 0.25) is 10.0 Å². The zero-order valence-electron chi connectivity index (χ0n) is 10.4. The van der Waals surface area contributed by atoms with Crippen molar-refractivity contribution in [3.05, 3.63) is 28.3 Å². The van der Waals surface area contributed by atoms with Gasteiger partial charge in [-0.05, 0) is 37.2 Å². The average Bonchev–Trinajstić information content (AvgIpc) is 2.22. The van der Waals surface area contributed by atoms with E-state index in [4.69, 9.17) is 11.6 Å². The minimum absolute atomic E-state index is 0.264. The van der Waals surface area contributed by atoms with Crippen LogP contribution in [0.1, 0.15) is 11.1 Å². The summed E-state index contributed by atoms with van der Waals surface area (Å²) < 4.78 is 25.4. The van der Waals surface area contributed by atoms with Crippen LogP contribution in [0.2, 0.25) is 5.02 Å². The molecule has 0 fully saturated rings. The second-order valence-electron chi connectivity index (χ2n) is 4.01. The molecule has 0 aliphatic heterocycles. The standard InChI is InChI=1S/C11H17ClN2O2S/c1-8-9(7-13-2)5-10(12)6-11(8)17(15,16)14(3)4/h5-6,13H,7H2,1-4H3. The van der Waals surface area contributed by atoms with Crippen LogP contribution in [0.4, 0.5) is 0 Å². The van der Waals surface area contributed by atoms with Crippen LogP contribution in [-0.2, 0) is 16.6 Å². The zero-order valence-corrected chi connectivity index (χ0v) is 12.0. The number of hydrogen-bond donors (Lipinski definition) is 1. The smallest absolute Gasteiger partial charge is 0.242 e. The topological polar surface area (TPSA) is 49.4 Å². The molecule has 0 radical (unpaired) electrons. The fraction of sp³-hybridized carbons (Fsp3) is 0.455. The van der Waals surface area contributed by atoms with Gasteiger partial charge in [-0.15, -0.1) is 0 Å². The lowest BCUT2D eigenvalue weighted by Gasteiger charge is -2.16. The van der Waals surface area contributed by atoms with Crippen LogP contribution in [0.15, 0.2) is 17.0 Å². The normalized spacial score (nSPS) is 12.1. The van der Waals surface area contributed by atoms with E-state index in [0.717, 1.165) is 11.1 Å². The first-order chi connectivity index (χ1) is 7.80. The number of nitrogens with one attached hydrogen (secondary N) is 1. The molecule has 1 rings (SSSR count). The van der Waals surface area contributed by atoms with Crippen LogP contribution in [0, 0.1) is 6.92 Å². The molecule has 0 unspecified atom stereocenters. The molecule has 0 amide bonds.